The highest BCUT2D eigenvalue weighted by molar-refractivity contribution is 7.89. The molecule has 0 saturated carbocycles. The molecule has 0 unspecified atom stereocenters. The van der Waals surface area contributed by atoms with E-state index in [1.165, 1.54) is 30.3 Å². The summed E-state index contributed by atoms with van der Waals surface area (Å²) >= 11 is 0. The molecule has 4 nitrogen and oxygen atoms in total. The third-order valence-corrected chi connectivity index (χ3v) is 4.42. The number of aryl methyl sites for hydroxylation is 1. The lowest BCUT2D eigenvalue weighted by atomic mass is 10.2. The van der Waals surface area contributed by atoms with Crippen molar-refractivity contribution in [1.29, 1.82) is 0 Å². The SMILES string of the molecule is Cc1ccc(N)cc1S(=O)(=O)NCc1ccc(F)cc1. The fourth-order valence-corrected chi connectivity index (χ4v) is 3.06. The van der Waals surface area contributed by atoms with Gasteiger partial charge < -0.3 is 5.73 Å². The minimum Gasteiger partial charge on any atom is -0.399 e. The molecule has 0 bridgehead atoms. The van der Waals surface area contributed by atoms with Crippen molar-refractivity contribution in [3.8, 4) is 0 Å². The number of sulfonamides is 1. The van der Waals surface area contributed by atoms with Gasteiger partial charge in [-0.25, -0.2) is 17.5 Å². The number of rotatable bonds is 4. The summed E-state index contributed by atoms with van der Waals surface area (Å²) in [4.78, 5) is 0.152. The monoisotopic (exact) mass is 294 g/mol. The average Bonchev–Trinajstić information content (AvgIpc) is 2.41. The van der Waals surface area contributed by atoms with Crippen LogP contribution in [0, 0.1) is 12.7 Å². The summed E-state index contributed by atoms with van der Waals surface area (Å²) in [6.45, 7) is 1.79. The number of nitrogens with two attached hydrogens (primary N) is 1. The van der Waals surface area contributed by atoms with E-state index in [2.05, 4.69) is 4.72 Å². The molecule has 0 aromatic heterocycles. The number of nitrogen functional groups attached to an aromatic ring is 1. The van der Waals surface area contributed by atoms with Gasteiger partial charge in [0.05, 0.1) is 4.90 Å². The summed E-state index contributed by atoms with van der Waals surface area (Å²) in [7, 11) is -3.65. The van der Waals surface area contributed by atoms with Crippen molar-refractivity contribution in [1.82, 2.24) is 4.72 Å². The van der Waals surface area contributed by atoms with Gasteiger partial charge in [-0.15, -0.1) is 0 Å². The largest absolute Gasteiger partial charge is 0.399 e. The van der Waals surface area contributed by atoms with Crippen molar-refractivity contribution in [2.45, 2.75) is 18.4 Å². The van der Waals surface area contributed by atoms with Crippen LogP contribution in [-0.4, -0.2) is 8.42 Å². The van der Waals surface area contributed by atoms with E-state index >= 15 is 0 Å². The second-order valence-corrected chi connectivity index (χ2v) is 6.21. The summed E-state index contributed by atoms with van der Waals surface area (Å²) in [5, 5.41) is 0. The Morgan fingerprint density at radius 3 is 2.45 bits per heavy atom. The van der Waals surface area contributed by atoms with Crippen LogP contribution in [0.3, 0.4) is 0 Å². The predicted molar refractivity (Wildman–Crippen MR) is 76.0 cm³/mol. The molecule has 106 valence electrons. The maximum absolute atomic E-state index is 12.8. The van der Waals surface area contributed by atoms with Crippen LogP contribution in [0.25, 0.3) is 0 Å². The molecule has 0 spiro atoms. The van der Waals surface area contributed by atoms with Crippen LogP contribution >= 0.6 is 0 Å². The molecule has 0 aliphatic heterocycles. The van der Waals surface area contributed by atoms with E-state index in [4.69, 9.17) is 5.73 Å². The lowest BCUT2D eigenvalue weighted by Crippen LogP contribution is -2.24. The molecule has 2 aromatic carbocycles. The van der Waals surface area contributed by atoms with E-state index in [1.54, 1.807) is 19.1 Å². The zero-order chi connectivity index (χ0) is 14.8. The van der Waals surface area contributed by atoms with Crippen LogP contribution in [-0.2, 0) is 16.6 Å². The minimum atomic E-state index is -3.65. The number of hydrogen-bond acceptors (Lipinski definition) is 3. The fourth-order valence-electron chi connectivity index (χ4n) is 1.76. The van der Waals surface area contributed by atoms with Crippen molar-refractivity contribution in [2.24, 2.45) is 0 Å². The van der Waals surface area contributed by atoms with Gasteiger partial charge in [-0.1, -0.05) is 18.2 Å². The standard InChI is InChI=1S/C14H15FN2O2S/c1-10-2-7-13(16)8-14(10)20(18,19)17-9-11-3-5-12(15)6-4-11/h2-8,17H,9,16H2,1H3. The molecule has 6 heteroatoms. The zero-order valence-corrected chi connectivity index (χ0v) is 11.7. The van der Waals surface area contributed by atoms with Gasteiger partial charge in [0, 0.05) is 12.2 Å². The molecular weight excluding hydrogens is 279 g/mol. The van der Waals surface area contributed by atoms with Crippen molar-refractivity contribution in [2.75, 3.05) is 5.73 Å². The Morgan fingerprint density at radius 2 is 1.80 bits per heavy atom. The van der Waals surface area contributed by atoms with Crippen LogP contribution in [0.4, 0.5) is 10.1 Å². The number of halogens is 1. The minimum absolute atomic E-state index is 0.0941. The first-order chi connectivity index (χ1) is 9.38. The summed E-state index contributed by atoms with van der Waals surface area (Å²) < 4.78 is 39.7. The summed E-state index contributed by atoms with van der Waals surface area (Å²) in [5.41, 5.74) is 7.29. The van der Waals surface area contributed by atoms with E-state index in [1.807, 2.05) is 0 Å². The quantitative estimate of drug-likeness (QED) is 0.849. The molecule has 2 rings (SSSR count). The highest BCUT2D eigenvalue weighted by Crippen LogP contribution is 2.18. The van der Waals surface area contributed by atoms with Crippen molar-refractivity contribution in [3.63, 3.8) is 0 Å². The van der Waals surface area contributed by atoms with E-state index in [0.717, 1.165) is 0 Å². The van der Waals surface area contributed by atoms with Crippen molar-refractivity contribution >= 4 is 15.7 Å². The summed E-state index contributed by atoms with van der Waals surface area (Å²) in [6.07, 6.45) is 0. The number of nitrogens with one attached hydrogen (secondary N) is 1. The summed E-state index contributed by atoms with van der Waals surface area (Å²) in [5.74, 6) is -0.358. The van der Waals surface area contributed by atoms with Crippen LogP contribution in [0.15, 0.2) is 47.4 Å². The molecule has 0 radical (unpaired) electrons. The van der Waals surface area contributed by atoms with E-state index in [9.17, 15) is 12.8 Å². The van der Waals surface area contributed by atoms with Gasteiger partial charge >= 0.3 is 0 Å². The summed E-state index contributed by atoms with van der Waals surface area (Å²) in [6, 6.07) is 10.4. The number of hydrogen-bond donors (Lipinski definition) is 2. The predicted octanol–water partition coefficient (Wildman–Crippen LogP) is 2.19. The Morgan fingerprint density at radius 1 is 1.15 bits per heavy atom. The third kappa shape index (κ3) is 3.34. The Balaban J connectivity index is 2.19. The Labute approximate surface area is 117 Å². The highest BCUT2D eigenvalue weighted by Gasteiger charge is 2.16. The Kier molecular flexibility index (Phi) is 4.06. The number of anilines is 1. The van der Waals surface area contributed by atoms with E-state index < -0.39 is 10.0 Å². The van der Waals surface area contributed by atoms with Crippen LogP contribution in [0.5, 0.6) is 0 Å². The van der Waals surface area contributed by atoms with Crippen molar-refractivity contribution in [3.05, 3.63) is 59.4 Å². The third-order valence-electron chi connectivity index (χ3n) is 2.88. The molecular formula is C14H15FN2O2S. The molecule has 0 aliphatic rings. The molecule has 20 heavy (non-hydrogen) atoms. The zero-order valence-electron chi connectivity index (χ0n) is 10.9. The van der Waals surface area contributed by atoms with E-state index in [0.29, 0.717) is 16.8 Å². The molecule has 0 heterocycles. The average molecular weight is 294 g/mol. The second kappa shape index (κ2) is 5.60. The van der Waals surface area contributed by atoms with Gasteiger partial charge in [-0.3, -0.25) is 0 Å². The molecule has 0 atom stereocenters. The van der Waals surface area contributed by atoms with Crippen LogP contribution in [0.2, 0.25) is 0 Å². The maximum atomic E-state index is 12.8. The second-order valence-electron chi connectivity index (χ2n) is 4.48. The van der Waals surface area contributed by atoms with Crippen LogP contribution < -0.4 is 10.5 Å². The first-order valence-electron chi connectivity index (χ1n) is 5.99. The van der Waals surface area contributed by atoms with E-state index in [-0.39, 0.29) is 17.3 Å². The molecule has 0 amide bonds. The van der Waals surface area contributed by atoms with Gasteiger partial charge in [0.1, 0.15) is 5.82 Å². The topological polar surface area (TPSA) is 72.2 Å². The molecule has 3 N–H and O–H groups in total. The molecule has 2 aromatic rings. The first kappa shape index (κ1) is 14.5. The highest BCUT2D eigenvalue weighted by atomic mass is 32.2. The Hall–Kier alpha value is -1.92. The maximum Gasteiger partial charge on any atom is 0.241 e. The first-order valence-corrected chi connectivity index (χ1v) is 7.47. The van der Waals surface area contributed by atoms with Gasteiger partial charge in [0.15, 0.2) is 0 Å². The Bertz CT molecular complexity index is 712. The molecule has 0 saturated heterocycles. The molecule has 0 aliphatic carbocycles. The normalized spacial score (nSPS) is 11.5. The van der Waals surface area contributed by atoms with Crippen molar-refractivity contribution < 1.29 is 12.8 Å². The lowest BCUT2D eigenvalue weighted by molar-refractivity contribution is 0.580. The van der Waals surface area contributed by atoms with Gasteiger partial charge in [-0.05, 0) is 42.3 Å². The smallest absolute Gasteiger partial charge is 0.241 e. The number of benzene rings is 2. The molecule has 0 fully saturated rings. The van der Waals surface area contributed by atoms with Gasteiger partial charge in [0.25, 0.3) is 0 Å². The van der Waals surface area contributed by atoms with Gasteiger partial charge in [0.2, 0.25) is 10.0 Å². The lowest BCUT2D eigenvalue weighted by Gasteiger charge is -2.10. The fraction of sp³-hybridized carbons (Fsp3) is 0.143. The van der Waals surface area contributed by atoms with Crippen LogP contribution in [0.1, 0.15) is 11.1 Å². The van der Waals surface area contributed by atoms with Gasteiger partial charge in [-0.2, -0.15) is 0 Å².